The maximum absolute atomic E-state index is 4.92. The maximum atomic E-state index is 4.92. The Kier molecular flexibility index (Phi) is 2.14. The van der Waals surface area contributed by atoms with Crippen LogP contribution in [0.1, 0.15) is 12.1 Å². The molecule has 0 N–H and O–H groups in total. The van der Waals surface area contributed by atoms with Gasteiger partial charge < -0.3 is 4.84 Å². The van der Waals surface area contributed by atoms with E-state index in [-0.39, 0.29) is 0 Å². The van der Waals surface area contributed by atoms with Crippen molar-refractivity contribution in [3.8, 4) is 0 Å². The average Bonchev–Trinajstić information content (AvgIpc) is 2.39. The highest BCUT2D eigenvalue weighted by Crippen LogP contribution is 2.14. The fourth-order valence-electron chi connectivity index (χ4n) is 1.71. The van der Waals surface area contributed by atoms with Crippen molar-refractivity contribution in [3.05, 3.63) is 54.4 Å². The number of pyridine rings is 1. The number of benzene rings is 1. The van der Waals surface area contributed by atoms with Crippen LogP contribution in [0.3, 0.4) is 0 Å². The van der Waals surface area contributed by atoms with Crippen molar-refractivity contribution in [2.45, 2.75) is 6.42 Å². The van der Waals surface area contributed by atoms with Gasteiger partial charge in [0.05, 0.1) is 11.2 Å². The summed E-state index contributed by atoms with van der Waals surface area (Å²) in [6.07, 6.45) is 4.29. The van der Waals surface area contributed by atoms with Crippen molar-refractivity contribution in [1.82, 2.24) is 4.98 Å². The molecular formula is C13H10N2O. The molecular weight excluding hydrogens is 200 g/mol. The lowest BCUT2D eigenvalue weighted by atomic mass is 10.1. The van der Waals surface area contributed by atoms with Crippen LogP contribution in [-0.2, 0) is 4.84 Å². The summed E-state index contributed by atoms with van der Waals surface area (Å²) < 4.78 is 0. The number of hydrogen-bond acceptors (Lipinski definition) is 3. The van der Waals surface area contributed by atoms with Gasteiger partial charge in [0.1, 0.15) is 12.0 Å². The molecule has 2 aromatic rings. The Bertz CT molecular complexity index is 587. The normalized spacial score (nSPS) is 14.6. The first-order chi connectivity index (χ1) is 7.93. The van der Waals surface area contributed by atoms with Gasteiger partial charge >= 0.3 is 0 Å². The molecule has 1 aromatic heterocycles. The van der Waals surface area contributed by atoms with Gasteiger partial charge in [0, 0.05) is 11.8 Å². The minimum atomic E-state index is 0.769. The number of fused-ring (bicyclic) bond motifs is 1. The summed E-state index contributed by atoms with van der Waals surface area (Å²) in [5.41, 5.74) is 2.73. The highest BCUT2D eigenvalue weighted by molar-refractivity contribution is 6.01. The van der Waals surface area contributed by atoms with E-state index in [4.69, 9.17) is 4.84 Å². The minimum Gasteiger partial charge on any atom is -0.365 e. The summed E-state index contributed by atoms with van der Waals surface area (Å²) in [6.45, 7) is 0. The third-order valence-corrected chi connectivity index (χ3v) is 2.53. The second kappa shape index (κ2) is 3.77. The smallest absolute Gasteiger partial charge is 0.118 e. The zero-order valence-electron chi connectivity index (χ0n) is 8.63. The Hall–Kier alpha value is -2.16. The van der Waals surface area contributed by atoms with E-state index in [1.807, 2.05) is 36.4 Å². The lowest BCUT2D eigenvalue weighted by molar-refractivity contribution is 0.262. The quantitative estimate of drug-likeness (QED) is 0.725. The van der Waals surface area contributed by atoms with E-state index in [2.05, 4.69) is 16.2 Å². The van der Waals surface area contributed by atoms with Crippen molar-refractivity contribution in [3.63, 3.8) is 0 Å². The zero-order valence-corrected chi connectivity index (χ0v) is 8.63. The molecule has 0 saturated carbocycles. The summed E-state index contributed by atoms with van der Waals surface area (Å²) >= 11 is 0. The van der Waals surface area contributed by atoms with Gasteiger partial charge in [-0.1, -0.05) is 29.4 Å². The van der Waals surface area contributed by atoms with Gasteiger partial charge in [0.2, 0.25) is 0 Å². The number of allylic oxidation sites excluding steroid dienone is 1. The summed E-state index contributed by atoms with van der Waals surface area (Å²) in [5, 5.41) is 5.11. The lowest BCUT2D eigenvalue weighted by Gasteiger charge is -2.06. The van der Waals surface area contributed by atoms with Crippen molar-refractivity contribution in [2.75, 3.05) is 0 Å². The first-order valence-electron chi connectivity index (χ1n) is 5.17. The molecule has 3 rings (SSSR count). The molecule has 0 fully saturated rings. The summed E-state index contributed by atoms with van der Waals surface area (Å²) in [7, 11) is 0. The molecule has 1 aromatic carbocycles. The van der Waals surface area contributed by atoms with Gasteiger partial charge in [-0.05, 0) is 18.2 Å². The molecule has 1 aliphatic heterocycles. The number of nitrogens with zero attached hydrogens (tertiary/aromatic N) is 2. The third-order valence-electron chi connectivity index (χ3n) is 2.53. The molecule has 0 radical (unpaired) electrons. The zero-order chi connectivity index (χ0) is 10.8. The average molecular weight is 210 g/mol. The SMILES string of the molecule is C1=CON=C(c2ccc3ccccc3n2)C1. The molecule has 0 spiro atoms. The van der Waals surface area contributed by atoms with Crippen molar-refractivity contribution in [2.24, 2.45) is 5.16 Å². The van der Waals surface area contributed by atoms with Crippen LogP contribution in [0.25, 0.3) is 10.9 Å². The first-order valence-corrected chi connectivity index (χ1v) is 5.17. The molecule has 3 nitrogen and oxygen atoms in total. The fraction of sp³-hybridized carbons (Fsp3) is 0.0769. The number of hydrogen-bond donors (Lipinski definition) is 0. The van der Waals surface area contributed by atoms with Gasteiger partial charge in [0.25, 0.3) is 0 Å². The van der Waals surface area contributed by atoms with Crippen LogP contribution in [0.15, 0.2) is 53.9 Å². The monoisotopic (exact) mass is 210 g/mol. The Morgan fingerprint density at radius 3 is 2.88 bits per heavy atom. The predicted molar refractivity (Wildman–Crippen MR) is 63.1 cm³/mol. The third kappa shape index (κ3) is 1.56. The Balaban J connectivity index is 2.08. The van der Waals surface area contributed by atoms with E-state index in [0.29, 0.717) is 0 Å². The van der Waals surface area contributed by atoms with Crippen LogP contribution < -0.4 is 0 Å². The molecule has 0 bridgehead atoms. The largest absolute Gasteiger partial charge is 0.365 e. The summed E-state index contributed by atoms with van der Waals surface area (Å²) in [6, 6.07) is 12.1. The highest BCUT2D eigenvalue weighted by atomic mass is 16.6. The van der Waals surface area contributed by atoms with Crippen LogP contribution in [0.2, 0.25) is 0 Å². The second-order valence-electron chi connectivity index (χ2n) is 3.61. The predicted octanol–water partition coefficient (Wildman–Crippen LogP) is 2.87. The van der Waals surface area contributed by atoms with Gasteiger partial charge in [-0.25, -0.2) is 4.98 Å². The van der Waals surface area contributed by atoms with Crippen molar-refractivity contribution < 1.29 is 4.84 Å². The molecule has 0 atom stereocenters. The molecule has 0 saturated heterocycles. The van der Waals surface area contributed by atoms with Crippen LogP contribution in [-0.4, -0.2) is 10.7 Å². The van der Waals surface area contributed by atoms with E-state index >= 15 is 0 Å². The molecule has 78 valence electrons. The topological polar surface area (TPSA) is 34.5 Å². The standard InChI is InChI=1S/C13H10N2O/c1-2-5-11-10(4-1)7-8-12(14-11)13-6-3-9-16-15-13/h1-5,7-9H,6H2. The van der Waals surface area contributed by atoms with Crippen molar-refractivity contribution in [1.29, 1.82) is 0 Å². The minimum absolute atomic E-state index is 0.769. The Labute approximate surface area is 93.1 Å². The number of oxime groups is 1. The molecule has 0 unspecified atom stereocenters. The van der Waals surface area contributed by atoms with E-state index < -0.39 is 0 Å². The maximum Gasteiger partial charge on any atom is 0.118 e. The Morgan fingerprint density at radius 2 is 2.00 bits per heavy atom. The second-order valence-corrected chi connectivity index (χ2v) is 3.61. The van der Waals surface area contributed by atoms with Crippen LogP contribution in [0.4, 0.5) is 0 Å². The molecule has 0 amide bonds. The first kappa shape index (κ1) is 9.09. The highest BCUT2D eigenvalue weighted by Gasteiger charge is 2.07. The number of aromatic nitrogens is 1. The molecule has 2 heterocycles. The summed E-state index contributed by atoms with van der Waals surface area (Å²) in [5.74, 6) is 0. The van der Waals surface area contributed by atoms with E-state index in [0.717, 1.165) is 28.7 Å². The van der Waals surface area contributed by atoms with Gasteiger partial charge in [0.15, 0.2) is 0 Å². The van der Waals surface area contributed by atoms with Crippen molar-refractivity contribution >= 4 is 16.6 Å². The van der Waals surface area contributed by atoms with Crippen LogP contribution in [0, 0.1) is 0 Å². The molecule has 3 heteroatoms. The number of rotatable bonds is 1. The van der Waals surface area contributed by atoms with E-state index in [1.165, 1.54) is 0 Å². The summed E-state index contributed by atoms with van der Waals surface area (Å²) in [4.78, 5) is 9.47. The fourth-order valence-corrected chi connectivity index (χ4v) is 1.71. The Morgan fingerprint density at radius 1 is 1.06 bits per heavy atom. The van der Waals surface area contributed by atoms with Gasteiger partial charge in [-0.2, -0.15) is 0 Å². The van der Waals surface area contributed by atoms with E-state index in [9.17, 15) is 0 Å². The van der Waals surface area contributed by atoms with Crippen LogP contribution in [0.5, 0.6) is 0 Å². The lowest BCUT2D eigenvalue weighted by Crippen LogP contribution is -2.05. The van der Waals surface area contributed by atoms with Crippen LogP contribution >= 0.6 is 0 Å². The number of para-hydroxylation sites is 1. The molecule has 1 aliphatic rings. The molecule has 16 heavy (non-hydrogen) atoms. The van der Waals surface area contributed by atoms with Gasteiger partial charge in [-0.3, -0.25) is 0 Å². The van der Waals surface area contributed by atoms with E-state index in [1.54, 1.807) is 6.26 Å². The molecule has 0 aliphatic carbocycles. The van der Waals surface area contributed by atoms with Gasteiger partial charge in [-0.15, -0.1) is 0 Å².